The molecule has 4 rings (SSSR count). The van der Waals surface area contributed by atoms with E-state index in [9.17, 15) is 18.0 Å². The summed E-state index contributed by atoms with van der Waals surface area (Å²) >= 11 is 5.93. The van der Waals surface area contributed by atoms with Crippen molar-refractivity contribution in [1.29, 1.82) is 0 Å². The number of benzene rings is 2. The van der Waals surface area contributed by atoms with Crippen molar-refractivity contribution in [2.45, 2.75) is 18.6 Å². The minimum Gasteiger partial charge on any atom is -0.437 e. The Bertz CT molecular complexity index is 1190. The van der Waals surface area contributed by atoms with E-state index in [4.69, 9.17) is 16.3 Å². The third kappa shape index (κ3) is 5.28. The van der Waals surface area contributed by atoms with Crippen LogP contribution in [-0.4, -0.2) is 64.1 Å². The van der Waals surface area contributed by atoms with Crippen LogP contribution in [0.4, 0.5) is 13.2 Å². The Labute approximate surface area is 199 Å². The molecule has 1 atom stereocenters. The molecule has 0 saturated carbocycles. The molecule has 0 N–H and O–H groups in total. The van der Waals surface area contributed by atoms with Gasteiger partial charge in [0.1, 0.15) is 5.75 Å². The Morgan fingerprint density at radius 1 is 1.15 bits per heavy atom. The zero-order valence-corrected chi connectivity index (χ0v) is 19.1. The number of nitrogens with zero attached hydrogens (tertiary/aromatic N) is 5. The summed E-state index contributed by atoms with van der Waals surface area (Å²) < 4.78 is 45.3. The summed E-state index contributed by atoms with van der Waals surface area (Å²) in [6.07, 6.45) is -3.73. The quantitative estimate of drug-likeness (QED) is 0.511. The largest absolute Gasteiger partial charge is 0.437 e. The van der Waals surface area contributed by atoms with Crippen molar-refractivity contribution in [3.8, 4) is 23.0 Å². The molecule has 0 aliphatic carbocycles. The minimum atomic E-state index is -4.53. The van der Waals surface area contributed by atoms with Crippen LogP contribution >= 0.6 is 11.6 Å². The molecule has 34 heavy (non-hydrogen) atoms. The normalized spacial score (nSPS) is 16.2. The molecular weight excluding hydrogens is 471 g/mol. The summed E-state index contributed by atoms with van der Waals surface area (Å²) in [4.78, 5) is 21.2. The van der Waals surface area contributed by atoms with E-state index in [0.29, 0.717) is 23.9 Å². The molecule has 1 saturated heterocycles. The predicted octanol–water partition coefficient (Wildman–Crippen LogP) is 4.78. The van der Waals surface area contributed by atoms with Crippen LogP contribution in [0.2, 0.25) is 5.02 Å². The Kier molecular flexibility index (Phi) is 6.72. The van der Waals surface area contributed by atoms with E-state index in [1.807, 2.05) is 19.0 Å². The standard InChI is InChI=1S/C23H21ClF3N5O2/c1-31(2)17-10-11-32(13-17)22(33)19-21(34-18-8-6-16(24)7-9-18)28-20(30-29-19)14-4-3-5-15(12-14)23(25,26)27/h3-9,12,17H,10-11,13H2,1-2H3. The van der Waals surface area contributed by atoms with Crippen LogP contribution < -0.4 is 4.74 Å². The van der Waals surface area contributed by atoms with Gasteiger partial charge >= 0.3 is 6.18 Å². The van der Waals surface area contributed by atoms with Gasteiger partial charge in [-0.3, -0.25) is 4.79 Å². The number of likely N-dealkylation sites (N-methyl/N-ethyl adjacent to an activating group) is 1. The smallest absolute Gasteiger partial charge is 0.416 e. The molecule has 1 aliphatic rings. The molecule has 3 aromatic rings. The van der Waals surface area contributed by atoms with E-state index in [0.717, 1.165) is 18.6 Å². The molecule has 0 radical (unpaired) electrons. The van der Waals surface area contributed by atoms with E-state index in [1.54, 1.807) is 29.2 Å². The minimum absolute atomic E-state index is 0.0936. The first kappa shape index (κ1) is 23.9. The van der Waals surface area contributed by atoms with Gasteiger partial charge in [0.05, 0.1) is 5.56 Å². The first-order valence-electron chi connectivity index (χ1n) is 10.4. The number of halogens is 4. The van der Waals surface area contributed by atoms with Crippen molar-refractivity contribution < 1.29 is 22.7 Å². The zero-order valence-electron chi connectivity index (χ0n) is 18.4. The van der Waals surface area contributed by atoms with Gasteiger partial charge < -0.3 is 14.5 Å². The molecule has 2 heterocycles. The van der Waals surface area contributed by atoms with Crippen molar-refractivity contribution >= 4 is 17.5 Å². The van der Waals surface area contributed by atoms with Crippen LogP contribution in [0.5, 0.6) is 11.6 Å². The summed E-state index contributed by atoms with van der Waals surface area (Å²) in [5.41, 5.74) is -0.873. The number of hydrogen-bond donors (Lipinski definition) is 0. The third-order valence-corrected chi connectivity index (χ3v) is 5.77. The average Bonchev–Trinajstić information content (AvgIpc) is 3.30. The van der Waals surface area contributed by atoms with Gasteiger partial charge in [-0.15, -0.1) is 10.2 Å². The molecule has 7 nitrogen and oxygen atoms in total. The highest BCUT2D eigenvalue weighted by molar-refractivity contribution is 6.30. The molecule has 0 spiro atoms. The molecule has 1 amide bonds. The monoisotopic (exact) mass is 491 g/mol. The maximum atomic E-state index is 13.2. The summed E-state index contributed by atoms with van der Waals surface area (Å²) in [7, 11) is 3.89. The fourth-order valence-corrected chi connectivity index (χ4v) is 3.71. The maximum Gasteiger partial charge on any atom is 0.416 e. The van der Waals surface area contributed by atoms with E-state index in [2.05, 4.69) is 15.2 Å². The van der Waals surface area contributed by atoms with Gasteiger partial charge in [0, 0.05) is 29.7 Å². The fraction of sp³-hybridized carbons (Fsp3) is 0.304. The van der Waals surface area contributed by atoms with Crippen LogP contribution in [0.15, 0.2) is 48.5 Å². The van der Waals surface area contributed by atoms with Gasteiger partial charge in [0.15, 0.2) is 5.82 Å². The van der Waals surface area contributed by atoms with Crippen molar-refractivity contribution in [2.75, 3.05) is 27.2 Å². The van der Waals surface area contributed by atoms with Gasteiger partial charge in [0.25, 0.3) is 11.8 Å². The second-order valence-electron chi connectivity index (χ2n) is 8.08. The van der Waals surface area contributed by atoms with Crippen molar-refractivity contribution in [3.63, 3.8) is 0 Å². The first-order chi connectivity index (χ1) is 16.1. The summed E-state index contributed by atoms with van der Waals surface area (Å²) in [5, 5.41) is 8.46. The molecule has 1 fully saturated rings. The van der Waals surface area contributed by atoms with Crippen LogP contribution in [0, 0.1) is 0 Å². The first-order valence-corrected chi connectivity index (χ1v) is 10.8. The number of likely N-dealkylation sites (tertiary alicyclic amines) is 1. The summed E-state index contributed by atoms with van der Waals surface area (Å²) in [6.45, 7) is 1.03. The number of carbonyl (C=O) groups is 1. The number of amides is 1. The molecule has 2 aromatic carbocycles. The van der Waals surface area contributed by atoms with Gasteiger partial charge in [0.2, 0.25) is 5.69 Å². The Morgan fingerprint density at radius 3 is 2.53 bits per heavy atom. The van der Waals surface area contributed by atoms with Gasteiger partial charge in [-0.2, -0.15) is 18.2 Å². The molecule has 11 heteroatoms. The van der Waals surface area contributed by atoms with Gasteiger partial charge in [-0.25, -0.2) is 0 Å². The fourth-order valence-electron chi connectivity index (χ4n) is 3.59. The highest BCUT2D eigenvalue weighted by atomic mass is 35.5. The molecule has 1 unspecified atom stereocenters. The number of carbonyl (C=O) groups excluding carboxylic acids is 1. The highest BCUT2D eigenvalue weighted by Gasteiger charge is 2.33. The van der Waals surface area contributed by atoms with E-state index >= 15 is 0 Å². The lowest BCUT2D eigenvalue weighted by Crippen LogP contribution is -2.35. The SMILES string of the molecule is CN(C)C1CCN(C(=O)c2nnc(-c3cccc(C(F)(F)F)c3)nc2Oc2ccc(Cl)cc2)C1. The Hall–Kier alpha value is -3.24. The Balaban J connectivity index is 1.71. The third-order valence-electron chi connectivity index (χ3n) is 5.51. The lowest BCUT2D eigenvalue weighted by atomic mass is 10.1. The van der Waals surface area contributed by atoms with Crippen molar-refractivity contribution in [3.05, 3.63) is 64.8 Å². The van der Waals surface area contributed by atoms with Crippen LogP contribution in [0.1, 0.15) is 22.5 Å². The lowest BCUT2D eigenvalue weighted by Gasteiger charge is -2.20. The highest BCUT2D eigenvalue weighted by Crippen LogP contribution is 2.32. The molecular formula is C23H21ClF3N5O2. The van der Waals surface area contributed by atoms with Crippen LogP contribution in [0.3, 0.4) is 0 Å². The second-order valence-corrected chi connectivity index (χ2v) is 8.52. The van der Waals surface area contributed by atoms with Crippen molar-refractivity contribution in [1.82, 2.24) is 25.0 Å². The molecule has 178 valence electrons. The van der Waals surface area contributed by atoms with Crippen LogP contribution in [0.25, 0.3) is 11.4 Å². The molecule has 1 aliphatic heterocycles. The number of alkyl halides is 3. The average molecular weight is 492 g/mol. The van der Waals surface area contributed by atoms with Crippen LogP contribution in [-0.2, 0) is 6.18 Å². The predicted molar refractivity (Wildman–Crippen MR) is 120 cm³/mol. The zero-order chi connectivity index (χ0) is 24.5. The van der Waals surface area contributed by atoms with E-state index in [-0.39, 0.29) is 29.0 Å². The topological polar surface area (TPSA) is 71.5 Å². The molecule has 0 bridgehead atoms. The Morgan fingerprint density at radius 2 is 1.88 bits per heavy atom. The van der Waals surface area contributed by atoms with Gasteiger partial charge in [-0.05, 0) is 56.9 Å². The molecule has 1 aromatic heterocycles. The lowest BCUT2D eigenvalue weighted by molar-refractivity contribution is -0.137. The van der Waals surface area contributed by atoms with Crippen molar-refractivity contribution in [2.24, 2.45) is 0 Å². The van der Waals surface area contributed by atoms with Gasteiger partial charge in [-0.1, -0.05) is 23.7 Å². The maximum absolute atomic E-state index is 13.2. The van der Waals surface area contributed by atoms with E-state index < -0.39 is 17.6 Å². The number of rotatable bonds is 5. The second kappa shape index (κ2) is 9.55. The number of ether oxygens (including phenoxy) is 1. The number of aromatic nitrogens is 3. The van der Waals surface area contributed by atoms with E-state index in [1.165, 1.54) is 12.1 Å². The number of hydrogen-bond acceptors (Lipinski definition) is 6. The summed E-state index contributed by atoms with van der Waals surface area (Å²) in [6, 6.07) is 11.1. The summed E-state index contributed by atoms with van der Waals surface area (Å²) in [5.74, 6) is -0.326.